The zero-order valence-corrected chi connectivity index (χ0v) is 13.0. The summed E-state index contributed by atoms with van der Waals surface area (Å²) in [5, 5.41) is 2.06. The zero-order valence-electron chi connectivity index (χ0n) is 11.4. The summed E-state index contributed by atoms with van der Waals surface area (Å²) in [6.45, 7) is 2.83. The largest absolute Gasteiger partial charge is 0.331 e. The van der Waals surface area contributed by atoms with Crippen LogP contribution in [-0.4, -0.2) is 16.8 Å². The lowest BCUT2D eigenvalue weighted by molar-refractivity contribution is -0.127. The van der Waals surface area contributed by atoms with Crippen molar-refractivity contribution in [2.24, 2.45) is 0 Å². The average Bonchev–Trinajstić information content (AvgIpc) is 2.97. The van der Waals surface area contributed by atoms with Crippen LogP contribution in [0.15, 0.2) is 35.7 Å². The second-order valence-electron chi connectivity index (χ2n) is 5.06. The van der Waals surface area contributed by atoms with Crippen LogP contribution in [0, 0.1) is 6.92 Å². The van der Waals surface area contributed by atoms with Crippen LogP contribution in [0.2, 0.25) is 0 Å². The number of hydrogen-bond donors (Lipinski definition) is 0. The van der Waals surface area contributed by atoms with Crippen molar-refractivity contribution >= 4 is 34.7 Å². The van der Waals surface area contributed by atoms with E-state index < -0.39 is 0 Å². The fourth-order valence-electron chi connectivity index (χ4n) is 2.14. The van der Waals surface area contributed by atoms with E-state index in [-0.39, 0.29) is 5.91 Å². The van der Waals surface area contributed by atoms with E-state index in [0.717, 1.165) is 24.3 Å². The molecule has 1 fully saturated rings. The molecule has 0 aromatic carbocycles. The van der Waals surface area contributed by atoms with Gasteiger partial charge in [0.05, 0.1) is 6.54 Å². The highest BCUT2D eigenvalue weighted by Crippen LogP contribution is 2.29. The summed E-state index contributed by atoms with van der Waals surface area (Å²) >= 11 is 3.43. The van der Waals surface area contributed by atoms with Crippen LogP contribution in [0.3, 0.4) is 0 Å². The summed E-state index contributed by atoms with van der Waals surface area (Å²) in [6.07, 6.45) is 5.94. The van der Waals surface area contributed by atoms with Crippen LogP contribution >= 0.6 is 22.7 Å². The molecule has 0 radical (unpaired) electrons. The second-order valence-corrected chi connectivity index (χ2v) is 7.41. The van der Waals surface area contributed by atoms with Gasteiger partial charge >= 0.3 is 0 Å². The fourth-order valence-corrected chi connectivity index (χ4v) is 3.62. The molecule has 0 aliphatic heterocycles. The number of nitrogens with zero attached hydrogens (tertiary/aromatic N) is 1. The molecule has 2 aromatic rings. The van der Waals surface area contributed by atoms with Gasteiger partial charge in [0.2, 0.25) is 5.91 Å². The number of hydrogen-bond acceptors (Lipinski definition) is 3. The maximum absolute atomic E-state index is 12.4. The Balaban J connectivity index is 1.68. The lowest BCUT2D eigenvalue weighted by Crippen LogP contribution is -2.30. The minimum atomic E-state index is 0.131. The van der Waals surface area contributed by atoms with Gasteiger partial charge in [-0.05, 0) is 49.4 Å². The van der Waals surface area contributed by atoms with E-state index in [1.165, 1.54) is 9.75 Å². The Bertz CT molecular complexity index is 608. The van der Waals surface area contributed by atoms with Crippen LogP contribution in [0.4, 0.5) is 0 Å². The van der Waals surface area contributed by atoms with Crippen molar-refractivity contribution < 1.29 is 4.79 Å². The number of carbonyl (C=O) groups excluding carboxylic acids is 1. The molecule has 3 rings (SSSR count). The first-order valence-corrected chi connectivity index (χ1v) is 8.49. The molecule has 2 nitrogen and oxygen atoms in total. The molecular weight excluding hydrogens is 286 g/mol. The summed E-state index contributed by atoms with van der Waals surface area (Å²) in [5.74, 6) is 0.131. The molecule has 1 aliphatic carbocycles. The minimum absolute atomic E-state index is 0.131. The Hall–Kier alpha value is -1.39. The molecule has 2 heterocycles. The van der Waals surface area contributed by atoms with Gasteiger partial charge in [0.15, 0.2) is 0 Å². The lowest BCUT2D eigenvalue weighted by Gasteiger charge is -2.19. The predicted octanol–water partition coefficient (Wildman–Crippen LogP) is 4.32. The van der Waals surface area contributed by atoms with Crippen molar-refractivity contribution in [3.05, 3.63) is 50.4 Å². The van der Waals surface area contributed by atoms with E-state index in [1.54, 1.807) is 28.7 Å². The third kappa shape index (κ3) is 3.38. The molecule has 1 amide bonds. The molecule has 0 N–H and O–H groups in total. The molecule has 20 heavy (non-hydrogen) atoms. The Morgan fingerprint density at radius 3 is 2.85 bits per heavy atom. The van der Waals surface area contributed by atoms with Crippen molar-refractivity contribution in [3.63, 3.8) is 0 Å². The topological polar surface area (TPSA) is 20.3 Å². The van der Waals surface area contributed by atoms with Gasteiger partial charge < -0.3 is 4.90 Å². The maximum atomic E-state index is 12.4. The van der Waals surface area contributed by atoms with E-state index in [1.807, 2.05) is 17.0 Å². The lowest BCUT2D eigenvalue weighted by atomic mass is 10.3. The van der Waals surface area contributed by atoms with E-state index in [0.29, 0.717) is 6.04 Å². The third-order valence-corrected chi connectivity index (χ3v) is 5.16. The number of thiophene rings is 2. The quantitative estimate of drug-likeness (QED) is 0.753. The van der Waals surface area contributed by atoms with Gasteiger partial charge in [-0.15, -0.1) is 22.7 Å². The van der Waals surface area contributed by atoms with Gasteiger partial charge in [0, 0.05) is 26.7 Å². The Morgan fingerprint density at radius 1 is 1.40 bits per heavy atom. The Kier molecular flexibility index (Phi) is 4.03. The van der Waals surface area contributed by atoms with Crippen molar-refractivity contribution in [2.45, 2.75) is 32.4 Å². The number of carbonyl (C=O) groups is 1. The van der Waals surface area contributed by atoms with Crippen LogP contribution in [0.25, 0.3) is 6.08 Å². The Morgan fingerprint density at radius 2 is 2.25 bits per heavy atom. The first-order valence-electron chi connectivity index (χ1n) is 6.80. The molecule has 0 atom stereocenters. The Labute approximate surface area is 127 Å². The molecule has 2 aromatic heterocycles. The summed E-state index contributed by atoms with van der Waals surface area (Å²) in [4.78, 5) is 18.1. The molecule has 104 valence electrons. The van der Waals surface area contributed by atoms with Gasteiger partial charge in [0.25, 0.3) is 0 Å². The first kappa shape index (κ1) is 13.6. The van der Waals surface area contributed by atoms with Crippen molar-refractivity contribution in [1.29, 1.82) is 0 Å². The van der Waals surface area contributed by atoms with E-state index >= 15 is 0 Å². The van der Waals surface area contributed by atoms with E-state index in [4.69, 9.17) is 0 Å². The third-order valence-electron chi connectivity index (χ3n) is 3.33. The van der Waals surface area contributed by atoms with Crippen molar-refractivity contribution in [1.82, 2.24) is 4.90 Å². The molecule has 4 heteroatoms. The smallest absolute Gasteiger partial charge is 0.247 e. The van der Waals surface area contributed by atoms with Gasteiger partial charge in [-0.2, -0.15) is 0 Å². The summed E-state index contributed by atoms with van der Waals surface area (Å²) in [7, 11) is 0. The molecule has 1 aliphatic rings. The second kappa shape index (κ2) is 5.94. The number of aryl methyl sites for hydroxylation is 1. The molecule has 0 unspecified atom stereocenters. The van der Waals surface area contributed by atoms with Crippen molar-refractivity contribution in [2.75, 3.05) is 0 Å². The van der Waals surface area contributed by atoms with Gasteiger partial charge in [-0.1, -0.05) is 6.07 Å². The van der Waals surface area contributed by atoms with Gasteiger partial charge in [0.1, 0.15) is 0 Å². The highest BCUT2D eigenvalue weighted by Gasteiger charge is 2.31. The van der Waals surface area contributed by atoms with Gasteiger partial charge in [-0.3, -0.25) is 4.79 Å². The minimum Gasteiger partial charge on any atom is -0.331 e. The number of amides is 1. The molecule has 0 bridgehead atoms. The average molecular weight is 303 g/mol. The molecule has 0 spiro atoms. The highest BCUT2D eigenvalue weighted by atomic mass is 32.1. The maximum Gasteiger partial charge on any atom is 0.247 e. The van der Waals surface area contributed by atoms with Crippen LogP contribution in [-0.2, 0) is 11.3 Å². The van der Waals surface area contributed by atoms with Gasteiger partial charge in [-0.25, -0.2) is 0 Å². The van der Waals surface area contributed by atoms with E-state index in [9.17, 15) is 4.79 Å². The van der Waals surface area contributed by atoms with Crippen LogP contribution < -0.4 is 0 Å². The van der Waals surface area contributed by atoms with Crippen molar-refractivity contribution in [3.8, 4) is 0 Å². The highest BCUT2D eigenvalue weighted by molar-refractivity contribution is 7.12. The normalized spacial score (nSPS) is 14.8. The standard InChI is InChI=1S/C16H17NOS2/c1-12-4-7-14(20-12)8-9-16(18)17(13-5-6-13)11-15-3-2-10-19-15/h2-4,7-10,13H,5-6,11H2,1H3. The monoisotopic (exact) mass is 303 g/mol. The molecular formula is C16H17NOS2. The summed E-state index contributed by atoms with van der Waals surface area (Å²) in [5.41, 5.74) is 0. The summed E-state index contributed by atoms with van der Waals surface area (Å²) < 4.78 is 0. The SMILES string of the molecule is Cc1ccc(C=CC(=O)N(Cc2cccs2)C2CC2)s1. The van der Waals surface area contributed by atoms with E-state index in [2.05, 4.69) is 30.5 Å². The fraction of sp³-hybridized carbons (Fsp3) is 0.312. The molecule has 0 saturated heterocycles. The van der Waals surface area contributed by atoms with Crippen LogP contribution in [0.5, 0.6) is 0 Å². The number of rotatable bonds is 5. The predicted molar refractivity (Wildman–Crippen MR) is 86.0 cm³/mol. The summed E-state index contributed by atoms with van der Waals surface area (Å²) in [6, 6.07) is 8.72. The van der Waals surface area contributed by atoms with Crippen LogP contribution in [0.1, 0.15) is 27.5 Å². The molecule has 1 saturated carbocycles. The first-order chi connectivity index (χ1) is 9.72. The zero-order chi connectivity index (χ0) is 13.9.